The summed E-state index contributed by atoms with van der Waals surface area (Å²) in [5.41, 5.74) is -1.10. The van der Waals surface area contributed by atoms with Crippen LogP contribution in [0.25, 0.3) is 0 Å². The van der Waals surface area contributed by atoms with Crippen LogP contribution >= 0.6 is 0 Å². The third-order valence-corrected chi connectivity index (χ3v) is 5.17. The monoisotopic (exact) mass is 392 g/mol. The van der Waals surface area contributed by atoms with Gasteiger partial charge in [-0.15, -0.1) is 0 Å². The molecule has 3 aromatic rings. The van der Waals surface area contributed by atoms with E-state index in [-0.39, 0.29) is 17.8 Å². The Hall–Kier alpha value is -3.65. The molecule has 1 aromatic heterocycles. The van der Waals surface area contributed by atoms with Crippen molar-refractivity contribution in [1.29, 1.82) is 0 Å². The summed E-state index contributed by atoms with van der Waals surface area (Å²) in [4.78, 5) is 21.6. The molecule has 1 aliphatic carbocycles. The molecule has 0 fully saturated rings. The number of para-hydroxylation sites is 1. The van der Waals surface area contributed by atoms with Gasteiger partial charge < -0.3 is 24.1 Å². The first-order valence-corrected chi connectivity index (χ1v) is 8.85. The van der Waals surface area contributed by atoms with Crippen LogP contribution in [0.4, 0.5) is 0 Å². The molecule has 2 atom stereocenters. The zero-order chi connectivity index (χ0) is 20.2. The lowest BCUT2D eigenvalue weighted by atomic mass is 9.87. The number of carbonyl (C=O) groups excluding carboxylic acids is 1. The van der Waals surface area contributed by atoms with Crippen LogP contribution in [0.1, 0.15) is 21.5 Å². The number of nitrogens with zero attached hydrogens (tertiary/aromatic N) is 2. The van der Waals surface area contributed by atoms with Gasteiger partial charge in [0.05, 0.1) is 25.8 Å². The summed E-state index contributed by atoms with van der Waals surface area (Å²) in [6, 6.07) is 14.8. The van der Waals surface area contributed by atoms with Crippen molar-refractivity contribution in [2.45, 2.75) is 11.4 Å². The predicted octanol–water partition coefficient (Wildman–Crippen LogP) is 2.20. The lowest BCUT2D eigenvalue weighted by molar-refractivity contribution is -0.209. The van der Waals surface area contributed by atoms with E-state index in [2.05, 4.69) is 9.97 Å². The van der Waals surface area contributed by atoms with E-state index in [1.54, 1.807) is 48.5 Å². The highest BCUT2D eigenvalue weighted by Crippen LogP contribution is 2.59. The van der Waals surface area contributed by atoms with Crippen molar-refractivity contribution in [3.63, 3.8) is 0 Å². The number of Topliss-reactive ketones (excluding diaryl/α,β-unsaturated/α-hetero) is 1. The largest absolute Gasteiger partial charge is 0.481 e. The molecule has 0 amide bonds. The molecule has 0 saturated heterocycles. The summed E-state index contributed by atoms with van der Waals surface area (Å²) in [7, 11) is 2.88. The predicted molar refractivity (Wildman–Crippen MR) is 99.2 cm³/mol. The Kier molecular flexibility index (Phi) is 3.56. The molecular weight excluding hydrogens is 376 g/mol. The van der Waals surface area contributed by atoms with E-state index in [0.29, 0.717) is 22.4 Å². The maximum Gasteiger partial charge on any atom is 0.326 e. The van der Waals surface area contributed by atoms with Crippen LogP contribution in [-0.4, -0.2) is 35.1 Å². The van der Waals surface area contributed by atoms with Crippen molar-refractivity contribution in [3.05, 3.63) is 71.3 Å². The van der Waals surface area contributed by atoms with Crippen LogP contribution in [0.2, 0.25) is 0 Å². The first-order chi connectivity index (χ1) is 14.0. The number of hydrogen-bond acceptors (Lipinski definition) is 8. The second kappa shape index (κ2) is 5.92. The average molecular weight is 392 g/mol. The Morgan fingerprint density at radius 3 is 2.24 bits per heavy atom. The minimum absolute atomic E-state index is 0.170. The van der Waals surface area contributed by atoms with Gasteiger partial charge in [-0.05, 0) is 6.07 Å². The van der Waals surface area contributed by atoms with Gasteiger partial charge in [0, 0.05) is 11.1 Å². The fourth-order valence-electron chi connectivity index (χ4n) is 3.86. The zero-order valence-electron chi connectivity index (χ0n) is 15.6. The van der Waals surface area contributed by atoms with Gasteiger partial charge in [0.25, 0.3) is 0 Å². The molecule has 2 aliphatic rings. The fraction of sp³-hybridized carbons (Fsp3) is 0.190. The molecule has 0 saturated carbocycles. The van der Waals surface area contributed by atoms with E-state index < -0.39 is 17.2 Å². The molecule has 0 spiro atoms. The number of aromatic nitrogens is 2. The van der Waals surface area contributed by atoms with E-state index in [1.165, 1.54) is 20.3 Å². The van der Waals surface area contributed by atoms with E-state index >= 15 is 0 Å². The van der Waals surface area contributed by atoms with Crippen molar-refractivity contribution in [2.24, 2.45) is 0 Å². The summed E-state index contributed by atoms with van der Waals surface area (Å²) in [6.07, 6.45) is 0. The summed E-state index contributed by atoms with van der Waals surface area (Å²) in [5.74, 6) is -1.68. The van der Waals surface area contributed by atoms with Crippen molar-refractivity contribution in [1.82, 2.24) is 9.97 Å². The van der Waals surface area contributed by atoms with Crippen molar-refractivity contribution in [2.75, 3.05) is 14.2 Å². The van der Waals surface area contributed by atoms with Crippen LogP contribution in [0.15, 0.2) is 54.6 Å². The molecule has 5 rings (SSSR count). The van der Waals surface area contributed by atoms with Crippen LogP contribution in [0, 0.1) is 0 Å². The number of ether oxygens (including phenoxy) is 4. The first kappa shape index (κ1) is 17.4. The lowest BCUT2D eigenvalue weighted by Crippen LogP contribution is -2.53. The second-order valence-corrected chi connectivity index (χ2v) is 6.64. The van der Waals surface area contributed by atoms with Crippen molar-refractivity contribution in [3.8, 4) is 23.5 Å². The number of aliphatic hydroxyl groups is 1. The zero-order valence-corrected chi connectivity index (χ0v) is 15.6. The van der Waals surface area contributed by atoms with E-state index in [9.17, 15) is 9.90 Å². The molecular formula is C21H16N2O6. The van der Waals surface area contributed by atoms with Crippen LogP contribution in [0.3, 0.4) is 0 Å². The summed E-state index contributed by atoms with van der Waals surface area (Å²) in [5, 5.41) is 11.7. The Morgan fingerprint density at radius 2 is 1.55 bits per heavy atom. The molecule has 0 bridgehead atoms. The number of rotatable bonds is 4. The smallest absolute Gasteiger partial charge is 0.326 e. The fourth-order valence-corrected chi connectivity index (χ4v) is 3.86. The number of fused-ring (bicyclic) bond motifs is 5. The Morgan fingerprint density at radius 1 is 0.931 bits per heavy atom. The van der Waals surface area contributed by atoms with E-state index in [1.807, 2.05) is 0 Å². The molecule has 2 aromatic carbocycles. The Labute approximate surface area is 165 Å². The molecule has 146 valence electrons. The van der Waals surface area contributed by atoms with Crippen LogP contribution in [0.5, 0.6) is 23.5 Å². The first-order valence-electron chi connectivity index (χ1n) is 8.85. The summed E-state index contributed by atoms with van der Waals surface area (Å²) < 4.78 is 22.5. The lowest BCUT2D eigenvalue weighted by Gasteiger charge is -2.33. The number of hydrogen-bond donors (Lipinski definition) is 1. The van der Waals surface area contributed by atoms with Gasteiger partial charge in [-0.1, -0.05) is 42.5 Å². The molecule has 1 aliphatic heterocycles. The van der Waals surface area contributed by atoms with Crippen molar-refractivity contribution < 1.29 is 28.8 Å². The molecule has 1 N–H and O–H groups in total. The van der Waals surface area contributed by atoms with Gasteiger partial charge in [-0.25, -0.2) is 0 Å². The topological polar surface area (TPSA) is 100 Å². The van der Waals surface area contributed by atoms with Gasteiger partial charge >= 0.3 is 11.8 Å². The number of methoxy groups -OCH3 is 2. The minimum atomic E-state index is -2.10. The third-order valence-electron chi connectivity index (χ3n) is 5.17. The Bertz CT molecular complexity index is 1130. The minimum Gasteiger partial charge on any atom is -0.481 e. The highest BCUT2D eigenvalue weighted by Gasteiger charge is 2.73. The Balaban J connectivity index is 1.74. The SMILES string of the molecule is COc1cc(OC)nc(OC23Oc4ccccc4C2(O)C(=O)c2ccccc23)n1. The van der Waals surface area contributed by atoms with Gasteiger partial charge in [0.2, 0.25) is 23.1 Å². The van der Waals surface area contributed by atoms with Crippen LogP contribution < -0.4 is 18.9 Å². The quantitative estimate of drug-likeness (QED) is 0.721. The number of carbonyl (C=O) groups is 1. The molecule has 2 heterocycles. The summed E-state index contributed by atoms with van der Waals surface area (Å²) in [6.45, 7) is 0. The second-order valence-electron chi connectivity index (χ2n) is 6.64. The molecule has 2 unspecified atom stereocenters. The van der Waals surface area contributed by atoms with Crippen molar-refractivity contribution >= 4 is 5.78 Å². The third kappa shape index (κ3) is 2.14. The summed E-state index contributed by atoms with van der Waals surface area (Å²) >= 11 is 0. The van der Waals surface area contributed by atoms with Gasteiger partial charge in [-0.2, -0.15) is 9.97 Å². The standard InChI is InChI=1S/C21H16N2O6/c1-26-16-11-17(27-2)23-19(22-16)29-21-13-8-4-3-7-12(13)18(24)20(21,25)14-9-5-6-10-15(14)28-21/h3-11,25H,1-2H3. The highest BCUT2D eigenvalue weighted by molar-refractivity contribution is 6.09. The maximum atomic E-state index is 13.3. The molecule has 8 heteroatoms. The molecule has 0 radical (unpaired) electrons. The molecule has 8 nitrogen and oxygen atoms in total. The van der Waals surface area contributed by atoms with E-state index in [0.717, 1.165) is 0 Å². The average Bonchev–Trinajstić information content (AvgIpc) is 3.11. The highest BCUT2D eigenvalue weighted by atomic mass is 16.7. The van der Waals surface area contributed by atoms with E-state index in [4.69, 9.17) is 18.9 Å². The normalized spacial score (nSPS) is 23.6. The maximum absolute atomic E-state index is 13.3. The van der Waals surface area contributed by atoms with Gasteiger partial charge in [-0.3, -0.25) is 4.79 Å². The number of benzene rings is 2. The van der Waals surface area contributed by atoms with Gasteiger partial charge in [0.15, 0.2) is 0 Å². The number of ketones is 1. The molecule has 29 heavy (non-hydrogen) atoms. The van der Waals surface area contributed by atoms with Crippen LogP contribution in [-0.2, 0) is 11.4 Å². The van der Waals surface area contributed by atoms with Gasteiger partial charge in [0.1, 0.15) is 5.75 Å².